The molecular weight excluding hydrogens is 352 g/mol. The van der Waals surface area contributed by atoms with Gasteiger partial charge in [0.05, 0.1) is 0 Å². The maximum absolute atomic E-state index is 12.6. The van der Waals surface area contributed by atoms with Gasteiger partial charge < -0.3 is 15.0 Å². The normalized spacial score (nSPS) is 15.2. The molecule has 0 atom stereocenters. The van der Waals surface area contributed by atoms with Crippen LogP contribution in [0.4, 0.5) is 5.69 Å². The predicted octanol–water partition coefficient (Wildman–Crippen LogP) is 4.70. The van der Waals surface area contributed by atoms with Gasteiger partial charge in [0.15, 0.2) is 0 Å². The van der Waals surface area contributed by atoms with Crippen LogP contribution in [0.1, 0.15) is 33.6 Å². The van der Waals surface area contributed by atoms with Crippen LogP contribution in [-0.2, 0) is 9.59 Å². The van der Waals surface area contributed by atoms with Crippen LogP contribution in [0.5, 0.6) is 11.5 Å². The minimum Gasteiger partial charge on any atom is -0.457 e. The summed E-state index contributed by atoms with van der Waals surface area (Å²) in [6.07, 6.45) is 1.39. The fraction of sp³-hybridized carbons (Fsp3) is 0.391. The first-order valence-corrected chi connectivity index (χ1v) is 9.76. The first-order valence-electron chi connectivity index (χ1n) is 9.76. The molecule has 148 valence electrons. The van der Waals surface area contributed by atoms with Gasteiger partial charge >= 0.3 is 0 Å². The second-order valence-corrected chi connectivity index (χ2v) is 8.25. The van der Waals surface area contributed by atoms with Crippen LogP contribution in [0.25, 0.3) is 0 Å². The number of likely N-dealkylation sites (tertiary alicyclic amines) is 1. The molecule has 0 bridgehead atoms. The summed E-state index contributed by atoms with van der Waals surface area (Å²) in [5, 5.41) is 2.98. The Labute approximate surface area is 166 Å². The third-order valence-electron chi connectivity index (χ3n) is 4.90. The number of carbonyl (C=O) groups is 2. The van der Waals surface area contributed by atoms with Gasteiger partial charge in [0.1, 0.15) is 11.5 Å². The molecule has 1 heterocycles. The number of carbonyl (C=O) groups excluding carboxylic acids is 2. The molecular formula is C23H28N2O3. The molecule has 2 amide bonds. The Morgan fingerprint density at radius 1 is 0.929 bits per heavy atom. The van der Waals surface area contributed by atoms with Crippen molar-refractivity contribution in [2.45, 2.75) is 33.6 Å². The van der Waals surface area contributed by atoms with Crippen LogP contribution in [0, 0.1) is 11.3 Å². The highest BCUT2D eigenvalue weighted by Crippen LogP contribution is 2.26. The van der Waals surface area contributed by atoms with Crippen molar-refractivity contribution in [2.75, 3.05) is 18.4 Å². The maximum Gasteiger partial charge on any atom is 0.227 e. The first-order chi connectivity index (χ1) is 13.3. The highest BCUT2D eigenvalue weighted by molar-refractivity contribution is 5.93. The summed E-state index contributed by atoms with van der Waals surface area (Å²) in [5.74, 6) is 1.60. The molecule has 28 heavy (non-hydrogen) atoms. The van der Waals surface area contributed by atoms with E-state index in [-0.39, 0.29) is 23.1 Å². The summed E-state index contributed by atoms with van der Waals surface area (Å²) in [6.45, 7) is 7.06. The summed E-state index contributed by atoms with van der Waals surface area (Å²) in [4.78, 5) is 26.8. The summed E-state index contributed by atoms with van der Waals surface area (Å²) < 4.78 is 5.77. The van der Waals surface area contributed by atoms with Crippen molar-refractivity contribution >= 4 is 17.5 Å². The highest BCUT2D eigenvalue weighted by atomic mass is 16.5. The lowest BCUT2D eigenvalue weighted by Crippen LogP contribution is -2.45. The van der Waals surface area contributed by atoms with Gasteiger partial charge in [0.25, 0.3) is 0 Å². The lowest BCUT2D eigenvalue weighted by atomic mass is 9.90. The van der Waals surface area contributed by atoms with Crippen molar-refractivity contribution in [3.8, 4) is 11.5 Å². The Balaban J connectivity index is 1.51. The molecule has 0 unspecified atom stereocenters. The fourth-order valence-electron chi connectivity index (χ4n) is 3.29. The zero-order valence-corrected chi connectivity index (χ0v) is 16.8. The van der Waals surface area contributed by atoms with Crippen molar-refractivity contribution in [1.82, 2.24) is 4.90 Å². The number of hydrogen-bond acceptors (Lipinski definition) is 3. The summed E-state index contributed by atoms with van der Waals surface area (Å²) in [7, 11) is 0. The molecule has 1 aliphatic heterocycles. The number of nitrogens with zero attached hydrogens (tertiary/aromatic N) is 1. The predicted molar refractivity (Wildman–Crippen MR) is 110 cm³/mol. The van der Waals surface area contributed by atoms with Crippen molar-refractivity contribution < 1.29 is 14.3 Å². The largest absolute Gasteiger partial charge is 0.457 e. The smallest absolute Gasteiger partial charge is 0.227 e. The number of benzene rings is 2. The molecule has 2 aromatic rings. The zero-order chi connectivity index (χ0) is 20.1. The molecule has 5 nitrogen and oxygen atoms in total. The van der Waals surface area contributed by atoms with Crippen LogP contribution < -0.4 is 10.1 Å². The van der Waals surface area contributed by atoms with E-state index in [9.17, 15) is 9.59 Å². The maximum atomic E-state index is 12.6. The van der Waals surface area contributed by atoms with Crippen molar-refractivity contribution in [2.24, 2.45) is 11.3 Å². The second kappa shape index (κ2) is 8.46. The molecule has 1 aliphatic rings. The van der Waals surface area contributed by atoms with E-state index in [0.717, 1.165) is 17.2 Å². The summed E-state index contributed by atoms with van der Waals surface area (Å²) in [5.41, 5.74) is 0.372. The minimum atomic E-state index is -0.376. The zero-order valence-electron chi connectivity index (χ0n) is 16.8. The van der Waals surface area contributed by atoms with E-state index in [4.69, 9.17) is 4.74 Å². The number of amides is 2. The molecule has 5 heteroatoms. The van der Waals surface area contributed by atoms with Crippen molar-refractivity contribution in [3.05, 3.63) is 54.6 Å². The molecule has 0 radical (unpaired) electrons. The van der Waals surface area contributed by atoms with E-state index in [1.54, 1.807) is 0 Å². The van der Waals surface area contributed by atoms with Crippen LogP contribution in [0.15, 0.2) is 54.6 Å². The molecule has 0 saturated carbocycles. The van der Waals surface area contributed by atoms with Gasteiger partial charge in [-0.2, -0.15) is 0 Å². The SMILES string of the molecule is CC(C)(C)C(=O)N1CCC(C(=O)Nc2ccc(Oc3ccccc3)cc2)CC1. The number of anilines is 1. The van der Waals surface area contributed by atoms with E-state index in [1.165, 1.54) is 0 Å². The van der Waals surface area contributed by atoms with Gasteiger partial charge in [-0.1, -0.05) is 39.0 Å². The quantitative estimate of drug-likeness (QED) is 0.836. The number of para-hydroxylation sites is 1. The van der Waals surface area contributed by atoms with Gasteiger partial charge in [-0.25, -0.2) is 0 Å². The number of nitrogens with one attached hydrogen (secondary N) is 1. The summed E-state index contributed by atoms with van der Waals surface area (Å²) in [6, 6.07) is 16.9. The number of ether oxygens (including phenoxy) is 1. The standard InChI is InChI=1S/C23H28N2O3/c1-23(2,3)22(27)25-15-13-17(14-16-25)21(26)24-18-9-11-20(12-10-18)28-19-7-5-4-6-8-19/h4-12,17H,13-16H2,1-3H3,(H,24,26). The van der Waals surface area contributed by atoms with E-state index in [2.05, 4.69) is 5.32 Å². The lowest BCUT2D eigenvalue weighted by molar-refractivity contribution is -0.142. The van der Waals surface area contributed by atoms with Crippen molar-refractivity contribution in [3.63, 3.8) is 0 Å². The first kappa shape index (κ1) is 19.9. The van der Waals surface area contributed by atoms with Gasteiger partial charge in [0, 0.05) is 30.1 Å². The molecule has 0 spiro atoms. The van der Waals surface area contributed by atoms with Gasteiger partial charge in [0.2, 0.25) is 11.8 Å². The van der Waals surface area contributed by atoms with E-state index in [1.807, 2.05) is 80.3 Å². The Bertz CT molecular complexity index is 802. The number of piperidine rings is 1. The molecule has 3 rings (SSSR count). The Kier molecular flexibility index (Phi) is 6.02. The molecule has 2 aromatic carbocycles. The Morgan fingerprint density at radius 2 is 1.50 bits per heavy atom. The number of hydrogen-bond donors (Lipinski definition) is 1. The lowest BCUT2D eigenvalue weighted by Gasteiger charge is -2.35. The van der Waals surface area contributed by atoms with E-state index >= 15 is 0 Å². The highest BCUT2D eigenvalue weighted by Gasteiger charge is 2.32. The topological polar surface area (TPSA) is 58.6 Å². The Hall–Kier alpha value is -2.82. The second-order valence-electron chi connectivity index (χ2n) is 8.25. The van der Waals surface area contributed by atoms with Gasteiger partial charge in [-0.05, 0) is 49.2 Å². The van der Waals surface area contributed by atoms with Crippen molar-refractivity contribution in [1.29, 1.82) is 0 Å². The van der Waals surface area contributed by atoms with Gasteiger partial charge in [-0.3, -0.25) is 9.59 Å². The molecule has 0 aromatic heterocycles. The third-order valence-corrected chi connectivity index (χ3v) is 4.90. The average Bonchev–Trinajstić information content (AvgIpc) is 2.69. The van der Waals surface area contributed by atoms with E-state index in [0.29, 0.717) is 25.9 Å². The third kappa shape index (κ3) is 5.12. The number of rotatable bonds is 4. The van der Waals surface area contributed by atoms with Crippen LogP contribution in [-0.4, -0.2) is 29.8 Å². The Morgan fingerprint density at radius 3 is 2.07 bits per heavy atom. The monoisotopic (exact) mass is 380 g/mol. The molecule has 1 saturated heterocycles. The van der Waals surface area contributed by atoms with Crippen LogP contribution in [0.3, 0.4) is 0 Å². The average molecular weight is 380 g/mol. The van der Waals surface area contributed by atoms with Gasteiger partial charge in [-0.15, -0.1) is 0 Å². The molecule has 1 fully saturated rings. The van der Waals surface area contributed by atoms with Crippen LogP contribution >= 0.6 is 0 Å². The molecule has 0 aliphatic carbocycles. The van der Waals surface area contributed by atoms with E-state index < -0.39 is 0 Å². The molecule has 1 N–H and O–H groups in total. The summed E-state index contributed by atoms with van der Waals surface area (Å²) >= 11 is 0. The van der Waals surface area contributed by atoms with Crippen LogP contribution in [0.2, 0.25) is 0 Å². The fourth-order valence-corrected chi connectivity index (χ4v) is 3.29. The minimum absolute atomic E-state index is 0.0135.